The second kappa shape index (κ2) is 7.46. The molecule has 0 radical (unpaired) electrons. The molecule has 0 saturated heterocycles. The van der Waals surface area contributed by atoms with E-state index in [2.05, 4.69) is 0 Å². The normalized spacial score (nSPS) is 16.9. The fourth-order valence-electron chi connectivity index (χ4n) is 2.48. The molecular formula is C17H25NO3. The maximum atomic E-state index is 12.5. The van der Waals surface area contributed by atoms with Gasteiger partial charge >= 0.3 is 0 Å². The van der Waals surface area contributed by atoms with Crippen LogP contribution in [0, 0.1) is 5.92 Å². The minimum Gasteiger partial charge on any atom is -0.490 e. The molecule has 1 heterocycles. The number of carbonyl (C=O) groups is 1. The highest BCUT2D eigenvalue weighted by Gasteiger charge is 2.18. The highest BCUT2D eigenvalue weighted by molar-refractivity contribution is 5.98. The molecule has 1 aromatic carbocycles. The fraction of sp³-hybridized carbons (Fsp3) is 0.588. The summed E-state index contributed by atoms with van der Waals surface area (Å²) in [4.78, 5) is 12.5. The lowest BCUT2D eigenvalue weighted by Crippen LogP contribution is -2.16. The van der Waals surface area contributed by atoms with E-state index in [0.29, 0.717) is 24.5 Å². The summed E-state index contributed by atoms with van der Waals surface area (Å²) in [6.07, 6.45) is 3.67. The quantitative estimate of drug-likeness (QED) is 0.818. The van der Waals surface area contributed by atoms with Crippen LogP contribution >= 0.6 is 0 Å². The molecule has 4 nitrogen and oxygen atoms in total. The lowest BCUT2D eigenvalue weighted by Gasteiger charge is -2.13. The molecule has 1 aliphatic heterocycles. The van der Waals surface area contributed by atoms with Crippen molar-refractivity contribution in [3.8, 4) is 11.5 Å². The van der Waals surface area contributed by atoms with E-state index in [1.807, 2.05) is 32.0 Å². The Morgan fingerprint density at radius 2 is 1.90 bits per heavy atom. The van der Waals surface area contributed by atoms with Crippen LogP contribution in [0.2, 0.25) is 0 Å². The second-order valence-corrected chi connectivity index (χ2v) is 5.89. The largest absolute Gasteiger partial charge is 0.490 e. The van der Waals surface area contributed by atoms with Crippen molar-refractivity contribution in [3.63, 3.8) is 0 Å². The number of ether oxygens (including phenoxy) is 2. The van der Waals surface area contributed by atoms with Gasteiger partial charge in [0.1, 0.15) is 0 Å². The molecule has 4 heteroatoms. The molecule has 1 aromatic rings. The smallest absolute Gasteiger partial charge is 0.165 e. The van der Waals surface area contributed by atoms with E-state index in [1.165, 1.54) is 0 Å². The van der Waals surface area contributed by atoms with Crippen LogP contribution in [-0.4, -0.2) is 25.0 Å². The van der Waals surface area contributed by atoms with Gasteiger partial charge in [0.2, 0.25) is 0 Å². The number of ketones is 1. The minimum atomic E-state index is 0.00787. The lowest BCUT2D eigenvalue weighted by molar-refractivity contribution is 0.0921. The van der Waals surface area contributed by atoms with Crippen LogP contribution in [0.3, 0.4) is 0 Å². The van der Waals surface area contributed by atoms with Crippen LogP contribution < -0.4 is 15.2 Å². The maximum Gasteiger partial charge on any atom is 0.165 e. The number of carbonyl (C=O) groups excluding carboxylic acids is 1. The van der Waals surface area contributed by atoms with Crippen molar-refractivity contribution in [1.82, 2.24) is 0 Å². The zero-order valence-corrected chi connectivity index (χ0v) is 12.9. The first-order valence-electron chi connectivity index (χ1n) is 7.77. The third-order valence-corrected chi connectivity index (χ3v) is 3.78. The van der Waals surface area contributed by atoms with Gasteiger partial charge in [0.25, 0.3) is 0 Å². The molecule has 21 heavy (non-hydrogen) atoms. The summed E-state index contributed by atoms with van der Waals surface area (Å²) >= 11 is 0. The fourth-order valence-corrected chi connectivity index (χ4v) is 2.48. The molecule has 0 bridgehead atoms. The first-order chi connectivity index (χ1) is 10.1. The van der Waals surface area contributed by atoms with Gasteiger partial charge in [-0.2, -0.15) is 0 Å². The van der Waals surface area contributed by atoms with Crippen molar-refractivity contribution in [2.45, 2.75) is 45.6 Å². The van der Waals surface area contributed by atoms with Crippen LogP contribution in [0.4, 0.5) is 0 Å². The summed E-state index contributed by atoms with van der Waals surface area (Å²) in [5.74, 6) is 1.58. The zero-order valence-electron chi connectivity index (χ0n) is 12.9. The molecule has 0 fully saturated rings. The van der Waals surface area contributed by atoms with Gasteiger partial charge in [0.05, 0.1) is 13.2 Å². The van der Waals surface area contributed by atoms with E-state index in [4.69, 9.17) is 15.2 Å². The Bertz CT molecular complexity index is 485. The van der Waals surface area contributed by atoms with Crippen LogP contribution in [0.25, 0.3) is 0 Å². The number of benzene rings is 1. The molecule has 0 amide bonds. The molecule has 2 rings (SSSR count). The summed E-state index contributed by atoms with van der Waals surface area (Å²) in [5, 5.41) is 0. The molecule has 0 aromatic heterocycles. The van der Waals surface area contributed by atoms with E-state index in [0.717, 1.165) is 31.4 Å². The van der Waals surface area contributed by atoms with Crippen LogP contribution in [0.1, 0.15) is 49.9 Å². The Hall–Kier alpha value is -1.55. The van der Waals surface area contributed by atoms with Crippen LogP contribution in [0.5, 0.6) is 11.5 Å². The second-order valence-electron chi connectivity index (χ2n) is 5.89. The minimum absolute atomic E-state index is 0.00787. The van der Waals surface area contributed by atoms with E-state index < -0.39 is 0 Å². The van der Waals surface area contributed by atoms with Crippen LogP contribution in [-0.2, 0) is 0 Å². The summed E-state index contributed by atoms with van der Waals surface area (Å²) in [6, 6.07) is 5.68. The predicted molar refractivity (Wildman–Crippen MR) is 83.0 cm³/mol. The van der Waals surface area contributed by atoms with Crippen molar-refractivity contribution in [2.24, 2.45) is 11.7 Å². The van der Waals surface area contributed by atoms with Gasteiger partial charge in [0, 0.05) is 23.9 Å². The zero-order chi connectivity index (χ0) is 15.2. The molecule has 0 saturated carbocycles. The summed E-state index contributed by atoms with van der Waals surface area (Å²) in [6.45, 7) is 5.27. The van der Waals surface area contributed by atoms with Crippen molar-refractivity contribution in [3.05, 3.63) is 23.8 Å². The highest BCUT2D eigenvalue weighted by Crippen LogP contribution is 2.31. The average Bonchev–Trinajstić information content (AvgIpc) is 2.70. The number of hydrogen-bond donors (Lipinski definition) is 1. The van der Waals surface area contributed by atoms with Crippen molar-refractivity contribution in [2.75, 3.05) is 13.2 Å². The Morgan fingerprint density at radius 3 is 2.62 bits per heavy atom. The number of fused-ring (bicyclic) bond motifs is 1. The van der Waals surface area contributed by atoms with Gasteiger partial charge in [-0.05, 0) is 38.0 Å². The Morgan fingerprint density at radius 1 is 1.19 bits per heavy atom. The molecule has 2 N–H and O–H groups in total. The Balaban J connectivity index is 2.00. The van der Waals surface area contributed by atoms with E-state index in [1.54, 1.807) is 0 Å². The van der Waals surface area contributed by atoms with Crippen molar-refractivity contribution in [1.29, 1.82) is 0 Å². The first-order valence-corrected chi connectivity index (χ1v) is 7.77. The lowest BCUT2D eigenvalue weighted by atomic mass is 9.93. The number of rotatable bonds is 6. The van der Waals surface area contributed by atoms with E-state index >= 15 is 0 Å². The standard InChI is InChI=1S/C17H25NO3/c1-12(5-3-6-13(2)18)17(19)14-7-8-15-16(11-14)21-10-4-9-20-15/h7-8,11-13H,3-6,9-10,18H2,1-2H3. The number of nitrogens with two attached hydrogens (primary N) is 1. The van der Waals surface area contributed by atoms with Gasteiger partial charge in [0.15, 0.2) is 17.3 Å². The van der Waals surface area contributed by atoms with Crippen molar-refractivity contribution >= 4 is 5.78 Å². The molecular weight excluding hydrogens is 266 g/mol. The van der Waals surface area contributed by atoms with Crippen LogP contribution in [0.15, 0.2) is 18.2 Å². The monoisotopic (exact) mass is 291 g/mol. The molecule has 116 valence electrons. The number of Topliss-reactive ketones (excluding diaryl/α,β-unsaturated/α-hetero) is 1. The number of hydrogen-bond acceptors (Lipinski definition) is 4. The predicted octanol–water partition coefficient (Wildman–Crippen LogP) is 3.18. The molecule has 0 aliphatic carbocycles. The van der Waals surface area contributed by atoms with E-state index in [9.17, 15) is 4.79 Å². The molecule has 1 aliphatic rings. The molecule has 2 unspecified atom stereocenters. The average molecular weight is 291 g/mol. The first kappa shape index (κ1) is 15.8. The molecule has 2 atom stereocenters. The third kappa shape index (κ3) is 4.46. The highest BCUT2D eigenvalue weighted by atomic mass is 16.5. The van der Waals surface area contributed by atoms with Gasteiger partial charge in [-0.25, -0.2) is 0 Å². The molecule has 0 spiro atoms. The summed E-state index contributed by atoms with van der Waals surface area (Å²) in [5.41, 5.74) is 6.44. The van der Waals surface area contributed by atoms with Crippen molar-refractivity contribution < 1.29 is 14.3 Å². The van der Waals surface area contributed by atoms with Gasteiger partial charge in [-0.15, -0.1) is 0 Å². The third-order valence-electron chi connectivity index (χ3n) is 3.78. The van der Waals surface area contributed by atoms with E-state index in [-0.39, 0.29) is 17.7 Å². The maximum absolute atomic E-state index is 12.5. The summed E-state index contributed by atoms with van der Waals surface area (Å²) < 4.78 is 11.2. The van der Waals surface area contributed by atoms with Gasteiger partial charge in [-0.1, -0.05) is 13.3 Å². The van der Waals surface area contributed by atoms with Gasteiger partial charge in [-0.3, -0.25) is 4.79 Å². The summed E-state index contributed by atoms with van der Waals surface area (Å²) in [7, 11) is 0. The Kier molecular flexibility index (Phi) is 5.62. The topological polar surface area (TPSA) is 61.6 Å². The Labute approximate surface area is 126 Å². The SMILES string of the molecule is CC(N)CCCC(C)C(=O)c1ccc2c(c1)OCCCO2. The van der Waals surface area contributed by atoms with Gasteiger partial charge < -0.3 is 15.2 Å².